The van der Waals surface area contributed by atoms with Crippen LogP contribution in [0.4, 0.5) is 19.3 Å². The maximum absolute atomic E-state index is 13.0. The van der Waals surface area contributed by atoms with Crippen molar-refractivity contribution in [2.24, 2.45) is 0 Å². The molecule has 0 saturated carbocycles. The zero-order valence-corrected chi connectivity index (χ0v) is 9.29. The lowest BCUT2D eigenvalue weighted by Gasteiger charge is -2.33. The molecule has 1 aromatic carbocycles. The van der Waals surface area contributed by atoms with E-state index in [2.05, 4.69) is 0 Å². The Morgan fingerprint density at radius 1 is 1.25 bits per heavy atom. The molecule has 0 radical (unpaired) electrons. The van der Waals surface area contributed by atoms with Gasteiger partial charge in [-0.05, 0) is 32.9 Å². The average molecular weight is 229 g/mol. The Bertz CT molecular complexity index is 413. The maximum atomic E-state index is 13.0. The van der Waals surface area contributed by atoms with Gasteiger partial charge >= 0.3 is 6.09 Å². The minimum Gasteiger partial charge on any atom is -0.465 e. The Labute approximate surface area is 92.3 Å². The van der Waals surface area contributed by atoms with Gasteiger partial charge in [0, 0.05) is 11.6 Å². The van der Waals surface area contributed by atoms with E-state index in [4.69, 9.17) is 5.11 Å². The fourth-order valence-electron chi connectivity index (χ4n) is 1.41. The van der Waals surface area contributed by atoms with E-state index >= 15 is 0 Å². The molecular weight excluding hydrogens is 216 g/mol. The van der Waals surface area contributed by atoms with E-state index in [-0.39, 0.29) is 5.69 Å². The van der Waals surface area contributed by atoms with Gasteiger partial charge in [-0.25, -0.2) is 13.6 Å². The normalized spacial score (nSPS) is 11.3. The van der Waals surface area contributed by atoms with E-state index in [9.17, 15) is 13.6 Å². The third-order valence-corrected chi connectivity index (χ3v) is 2.02. The van der Waals surface area contributed by atoms with Gasteiger partial charge in [0.05, 0.1) is 5.69 Å². The summed E-state index contributed by atoms with van der Waals surface area (Å²) < 4.78 is 25.7. The molecule has 1 N–H and O–H groups in total. The number of anilines is 1. The summed E-state index contributed by atoms with van der Waals surface area (Å²) in [5.41, 5.74) is -0.616. The van der Waals surface area contributed by atoms with Gasteiger partial charge in [-0.15, -0.1) is 0 Å². The third-order valence-electron chi connectivity index (χ3n) is 2.02. The molecule has 1 rings (SSSR count). The van der Waals surface area contributed by atoms with Crippen LogP contribution in [-0.4, -0.2) is 16.7 Å². The van der Waals surface area contributed by atoms with Crippen LogP contribution >= 0.6 is 0 Å². The topological polar surface area (TPSA) is 40.5 Å². The predicted molar refractivity (Wildman–Crippen MR) is 56.6 cm³/mol. The van der Waals surface area contributed by atoms with E-state index in [0.29, 0.717) is 0 Å². The quantitative estimate of drug-likeness (QED) is 0.803. The summed E-state index contributed by atoms with van der Waals surface area (Å²) in [4.78, 5) is 12.0. The van der Waals surface area contributed by atoms with Crippen molar-refractivity contribution < 1.29 is 18.7 Å². The number of amides is 1. The number of benzene rings is 1. The highest BCUT2D eigenvalue weighted by Gasteiger charge is 2.28. The minimum atomic E-state index is -1.21. The first-order valence-corrected chi connectivity index (χ1v) is 4.71. The number of carbonyl (C=O) groups is 1. The number of hydrogen-bond donors (Lipinski definition) is 1. The minimum absolute atomic E-state index is 0.110. The van der Waals surface area contributed by atoms with Crippen molar-refractivity contribution in [2.75, 3.05) is 4.90 Å². The fourth-order valence-corrected chi connectivity index (χ4v) is 1.41. The number of carboxylic acid groups (broad SMARTS) is 1. The van der Waals surface area contributed by atoms with Crippen LogP contribution < -0.4 is 4.90 Å². The molecule has 1 aromatic rings. The number of rotatable bonds is 1. The first-order valence-electron chi connectivity index (χ1n) is 4.71. The summed E-state index contributed by atoms with van der Waals surface area (Å²) in [7, 11) is 0. The lowest BCUT2D eigenvalue weighted by Crippen LogP contribution is -2.45. The van der Waals surface area contributed by atoms with Crippen molar-refractivity contribution >= 4 is 11.8 Å². The molecule has 0 atom stereocenters. The molecule has 0 unspecified atom stereocenters. The van der Waals surface area contributed by atoms with Crippen LogP contribution in [0.15, 0.2) is 18.2 Å². The monoisotopic (exact) mass is 229 g/mol. The van der Waals surface area contributed by atoms with Gasteiger partial charge in [0.1, 0.15) is 0 Å². The zero-order valence-electron chi connectivity index (χ0n) is 9.29. The number of hydrogen-bond acceptors (Lipinski definition) is 1. The van der Waals surface area contributed by atoms with Crippen LogP contribution in [0.2, 0.25) is 0 Å². The molecule has 0 spiro atoms. The standard InChI is InChI=1S/C11H13F2NO2/c1-11(2,3)14(10(15)16)7-4-5-8(12)9(13)6-7/h4-6H,1-3H3,(H,15,16). The summed E-state index contributed by atoms with van der Waals surface area (Å²) in [6.45, 7) is 5.01. The largest absolute Gasteiger partial charge is 0.465 e. The van der Waals surface area contributed by atoms with Crippen LogP contribution in [0.5, 0.6) is 0 Å². The molecule has 16 heavy (non-hydrogen) atoms. The number of nitrogens with zero attached hydrogens (tertiary/aromatic N) is 1. The highest BCUT2D eigenvalue weighted by atomic mass is 19.2. The zero-order chi connectivity index (χ0) is 12.5. The Morgan fingerprint density at radius 3 is 2.19 bits per heavy atom. The molecule has 0 aliphatic rings. The van der Waals surface area contributed by atoms with Gasteiger partial charge in [-0.2, -0.15) is 0 Å². The molecule has 3 nitrogen and oxygen atoms in total. The van der Waals surface area contributed by atoms with Crippen molar-refractivity contribution in [3.8, 4) is 0 Å². The Kier molecular flexibility index (Phi) is 3.16. The molecule has 0 aromatic heterocycles. The first-order chi connectivity index (χ1) is 7.23. The molecule has 1 amide bonds. The molecule has 0 aliphatic heterocycles. The molecule has 0 saturated heterocycles. The van der Waals surface area contributed by atoms with Gasteiger partial charge in [-0.1, -0.05) is 0 Å². The lowest BCUT2D eigenvalue weighted by molar-refractivity contribution is 0.195. The van der Waals surface area contributed by atoms with Crippen LogP contribution in [0.1, 0.15) is 20.8 Å². The smallest absolute Gasteiger partial charge is 0.412 e. The predicted octanol–water partition coefficient (Wildman–Crippen LogP) is 3.25. The summed E-state index contributed by atoms with van der Waals surface area (Å²) in [5.74, 6) is -2.06. The summed E-state index contributed by atoms with van der Waals surface area (Å²) in [6, 6.07) is 3.01. The van der Waals surface area contributed by atoms with Crippen molar-refractivity contribution in [2.45, 2.75) is 26.3 Å². The second-order valence-corrected chi connectivity index (χ2v) is 4.39. The van der Waals surface area contributed by atoms with Crippen LogP contribution in [0, 0.1) is 11.6 Å². The van der Waals surface area contributed by atoms with Gasteiger partial charge in [-0.3, -0.25) is 4.90 Å². The first kappa shape index (κ1) is 12.4. The van der Waals surface area contributed by atoms with Gasteiger partial charge in [0.2, 0.25) is 0 Å². The fraction of sp³-hybridized carbons (Fsp3) is 0.364. The van der Waals surface area contributed by atoms with E-state index in [1.165, 1.54) is 6.07 Å². The second-order valence-electron chi connectivity index (χ2n) is 4.39. The van der Waals surface area contributed by atoms with Crippen LogP contribution in [0.3, 0.4) is 0 Å². The molecular formula is C11H13F2NO2. The maximum Gasteiger partial charge on any atom is 0.412 e. The molecule has 5 heteroatoms. The van der Waals surface area contributed by atoms with Gasteiger partial charge in [0.15, 0.2) is 11.6 Å². The molecule has 0 aliphatic carbocycles. The van der Waals surface area contributed by atoms with E-state index in [1.54, 1.807) is 20.8 Å². The second kappa shape index (κ2) is 4.08. The van der Waals surface area contributed by atoms with E-state index in [0.717, 1.165) is 17.0 Å². The van der Waals surface area contributed by atoms with Crippen molar-refractivity contribution in [3.05, 3.63) is 29.8 Å². The average Bonchev–Trinajstić information content (AvgIpc) is 2.08. The van der Waals surface area contributed by atoms with Crippen molar-refractivity contribution in [1.82, 2.24) is 0 Å². The van der Waals surface area contributed by atoms with Crippen LogP contribution in [0.25, 0.3) is 0 Å². The van der Waals surface area contributed by atoms with Crippen molar-refractivity contribution in [1.29, 1.82) is 0 Å². The Hall–Kier alpha value is -1.65. The highest BCUT2D eigenvalue weighted by Crippen LogP contribution is 2.25. The van der Waals surface area contributed by atoms with E-state index in [1.807, 2.05) is 0 Å². The Morgan fingerprint density at radius 2 is 1.81 bits per heavy atom. The molecule has 0 bridgehead atoms. The number of halogens is 2. The Balaban J connectivity index is 3.22. The van der Waals surface area contributed by atoms with E-state index < -0.39 is 23.3 Å². The third kappa shape index (κ3) is 2.48. The summed E-state index contributed by atoms with van der Waals surface area (Å²) >= 11 is 0. The lowest BCUT2D eigenvalue weighted by atomic mass is 10.1. The summed E-state index contributed by atoms with van der Waals surface area (Å²) in [6.07, 6.45) is -1.21. The van der Waals surface area contributed by atoms with Gasteiger partial charge in [0.25, 0.3) is 0 Å². The summed E-state index contributed by atoms with van der Waals surface area (Å²) in [5, 5.41) is 9.03. The van der Waals surface area contributed by atoms with Crippen molar-refractivity contribution in [3.63, 3.8) is 0 Å². The molecule has 88 valence electrons. The van der Waals surface area contributed by atoms with Gasteiger partial charge < -0.3 is 5.11 Å². The molecule has 0 fully saturated rings. The van der Waals surface area contributed by atoms with Crippen LogP contribution in [-0.2, 0) is 0 Å². The molecule has 0 heterocycles. The SMILES string of the molecule is CC(C)(C)N(C(=O)O)c1ccc(F)c(F)c1. The highest BCUT2D eigenvalue weighted by molar-refractivity contribution is 5.87.